The van der Waals surface area contributed by atoms with Gasteiger partial charge in [-0.3, -0.25) is 10.1 Å². The molecule has 0 aliphatic carbocycles. The Morgan fingerprint density at radius 3 is 2.85 bits per heavy atom. The number of benzene rings is 2. The molecule has 0 atom stereocenters. The smallest absolute Gasteiger partial charge is 0.270 e. The summed E-state index contributed by atoms with van der Waals surface area (Å²) < 4.78 is 2.66. The first-order valence-corrected chi connectivity index (χ1v) is 8.88. The molecule has 2 aromatic heterocycles. The van der Waals surface area contributed by atoms with E-state index in [9.17, 15) is 10.1 Å². The summed E-state index contributed by atoms with van der Waals surface area (Å²) in [4.78, 5) is 14.9. The van der Waals surface area contributed by atoms with Crippen LogP contribution < -0.4 is 5.32 Å². The molecule has 0 aliphatic rings. The van der Waals surface area contributed by atoms with Gasteiger partial charge in [0.1, 0.15) is 0 Å². The highest BCUT2D eigenvalue weighted by atomic mass is 32.1. The Balaban J connectivity index is 1.40. The van der Waals surface area contributed by atoms with Gasteiger partial charge in [0, 0.05) is 24.9 Å². The van der Waals surface area contributed by atoms with Crippen molar-refractivity contribution in [3.63, 3.8) is 0 Å². The van der Waals surface area contributed by atoms with E-state index >= 15 is 0 Å². The number of non-ortho nitro benzene ring substituents is 1. The van der Waals surface area contributed by atoms with Crippen molar-refractivity contribution in [1.29, 1.82) is 0 Å². The third-order valence-corrected chi connectivity index (χ3v) is 4.91. The van der Waals surface area contributed by atoms with Gasteiger partial charge in [-0.1, -0.05) is 29.5 Å². The second kappa shape index (κ2) is 6.93. The molecule has 7 nitrogen and oxygen atoms in total. The van der Waals surface area contributed by atoms with Crippen LogP contribution in [-0.4, -0.2) is 26.2 Å². The van der Waals surface area contributed by atoms with E-state index in [4.69, 9.17) is 0 Å². The van der Waals surface area contributed by atoms with E-state index in [-0.39, 0.29) is 5.69 Å². The van der Waals surface area contributed by atoms with Crippen LogP contribution in [0, 0.1) is 10.1 Å². The van der Waals surface area contributed by atoms with E-state index in [1.807, 2.05) is 47.4 Å². The molecule has 0 amide bonds. The number of hydrogen-bond acceptors (Lipinski definition) is 6. The summed E-state index contributed by atoms with van der Waals surface area (Å²) in [7, 11) is 0. The summed E-state index contributed by atoms with van der Waals surface area (Å²) in [5.74, 6) is 0. The number of anilines is 1. The predicted molar refractivity (Wildman–Crippen MR) is 102 cm³/mol. The van der Waals surface area contributed by atoms with Gasteiger partial charge in [0.15, 0.2) is 5.13 Å². The Bertz CT molecular complexity index is 1060. The van der Waals surface area contributed by atoms with Gasteiger partial charge >= 0.3 is 0 Å². The predicted octanol–water partition coefficient (Wildman–Crippen LogP) is 4.04. The molecule has 0 radical (unpaired) electrons. The maximum Gasteiger partial charge on any atom is 0.270 e. The molecule has 1 N–H and O–H groups in total. The Morgan fingerprint density at radius 1 is 1.19 bits per heavy atom. The van der Waals surface area contributed by atoms with Crippen LogP contribution in [-0.2, 0) is 6.42 Å². The molecule has 0 bridgehead atoms. The van der Waals surface area contributed by atoms with Gasteiger partial charge in [0.05, 0.1) is 27.0 Å². The average molecular weight is 365 g/mol. The first-order valence-electron chi connectivity index (χ1n) is 8.07. The highest BCUT2D eigenvalue weighted by Gasteiger charge is 2.10. The van der Waals surface area contributed by atoms with Gasteiger partial charge in [-0.25, -0.2) is 9.67 Å². The summed E-state index contributed by atoms with van der Waals surface area (Å²) >= 11 is 1.42. The number of rotatable bonds is 6. The fourth-order valence-corrected chi connectivity index (χ4v) is 3.55. The molecule has 0 aliphatic heterocycles. The molecule has 0 saturated carbocycles. The Labute approximate surface area is 153 Å². The maximum atomic E-state index is 10.9. The van der Waals surface area contributed by atoms with Gasteiger partial charge in [-0.2, -0.15) is 5.10 Å². The maximum absolute atomic E-state index is 10.9. The summed E-state index contributed by atoms with van der Waals surface area (Å²) in [6, 6.07) is 14.7. The first-order chi connectivity index (χ1) is 12.7. The van der Waals surface area contributed by atoms with Gasteiger partial charge in [0.2, 0.25) is 0 Å². The van der Waals surface area contributed by atoms with Crippen molar-refractivity contribution in [3.05, 3.63) is 76.6 Å². The molecule has 2 heterocycles. The second-order valence-electron chi connectivity index (χ2n) is 5.73. The summed E-state index contributed by atoms with van der Waals surface area (Å²) in [5.41, 5.74) is 3.00. The van der Waals surface area contributed by atoms with Crippen molar-refractivity contribution >= 4 is 32.4 Å². The zero-order valence-corrected chi connectivity index (χ0v) is 14.5. The molecule has 0 saturated heterocycles. The van der Waals surface area contributed by atoms with Crippen LogP contribution in [0.3, 0.4) is 0 Å². The molecule has 2 aromatic carbocycles. The number of aromatic nitrogens is 3. The molecule has 0 unspecified atom stereocenters. The number of nitrogens with zero attached hydrogens (tertiary/aromatic N) is 4. The molecule has 4 rings (SSSR count). The van der Waals surface area contributed by atoms with Crippen LogP contribution in [0.1, 0.15) is 5.56 Å². The molecular formula is C18H15N5O2S. The minimum atomic E-state index is -0.392. The van der Waals surface area contributed by atoms with Crippen molar-refractivity contribution in [2.24, 2.45) is 0 Å². The minimum absolute atomic E-state index is 0.0843. The summed E-state index contributed by atoms with van der Waals surface area (Å²) in [6.45, 7) is 0.711. The number of thiazole rings is 1. The lowest BCUT2D eigenvalue weighted by Gasteiger charge is -2.01. The number of para-hydroxylation sites is 1. The molecule has 8 heteroatoms. The molecule has 130 valence electrons. The lowest BCUT2D eigenvalue weighted by Crippen LogP contribution is -2.03. The lowest BCUT2D eigenvalue weighted by atomic mass is 10.2. The third-order valence-electron chi connectivity index (χ3n) is 3.93. The standard InChI is InChI=1S/C18H15N5O2S/c24-23(25)15-6-7-16-17(10-15)26-18(21-16)19-9-8-13-11-20-22(12-13)14-4-2-1-3-5-14/h1-7,10-12H,8-9H2,(H,19,21). The van der Waals surface area contributed by atoms with Crippen LogP contribution >= 0.6 is 11.3 Å². The Morgan fingerprint density at radius 2 is 2.04 bits per heavy atom. The van der Waals surface area contributed by atoms with Crippen molar-refractivity contribution in [3.8, 4) is 5.69 Å². The summed E-state index contributed by atoms with van der Waals surface area (Å²) in [5, 5.41) is 19.3. The Kier molecular flexibility index (Phi) is 4.32. The fraction of sp³-hybridized carbons (Fsp3) is 0.111. The van der Waals surface area contributed by atoms with E-state index in [1.165, 1.54) is 17.4 Å². The van der Waals surface area contributed by atoms with Crippen molar-refractivity contribution < 1.29 is 4.92 Å². The van der Waals surface area contributed by atoms with Crippen LogP contribution in [0.2, 0.25) is 0 Å². The SMILES string of the molecule is O=[N+]([O-])c1ccc2nc(NCCc3cnn(-c4ccccc4)c3)sc2c1. The number of nitrogens with one attached hydrogen (secondary N) is 1. The van der Waals surface area contributed by atoms with Crippen LogP contribution in [0.25, 0.3) is 15.9 Å². The van der Waals surface area contributed by atoms with E-state index in [0.717, 1.165) is 33.0 Å². The van der Waals surface area contributed by atoms with Gasteiger partial charge in [0.25, 0.3) is 5.69 Å². The number of nitro groups is 1. The van der Waals surface area contributed by atoms with Gasteiger partial charge in [-0.05, 0) is 30.2 Å². The zero-order valence-electron chi connectivity index (χ0n) is 13.7. The van der Waals surface area contributed by atoms with Crippen molar-refractivity contribution in [2.75, 3.05) is 11.9 Å². The first kappa shape index (κ1) is 16.2. The van der Waals surface area contributed by atoms with Crippen LogP contribution in [0.15, 0.2) is 60.9 Å². The van der Waals surface area contributed by atoms with Crippen molar-refractivity contribution in [1.82, 2.24) is 14.8 Å². The van der Waals surface area contributed by atoms with Gasteiger partial charge < -0.3 is 5.32 Å². The van der Waals surface area contributed by atoms with E-state index < -0.39 is 4.92 Å². The number of nitro benzene ring substituents is 1. The topological polar surface area (TPSA) is 85.9 Å². The van der Waals surface area contributed by atoms with E-state index in [1.54, 1.807) is 12.1 Å². The molecule has 0 spiro atoms. The largest absolute Gasteiger partial charge is 0.361 e. The Hall–Kier alpha value is -3.26. The van der Waals surface area contributed by atoms with Crippen molar-refractivity contribution in [2.45, 2.75) is 6.42 Å². The molecule has 4 aromatic rings. The van der Waals surface area contributed by atoms with Crippen LogP contribution in [0.5, 0.6) is 0 Å². The second-order valence-corrected chi connectivity index (χ2v) is 6.76. The number of hydrogen-bond donors (Lipinski definition) is 1. The minimum Gasteiger partial charge on any atom is -0.361 e. The summed E-state index contributed by atoms with van der Waals surface area (Å²) in [6.07, 6.45) is 4.68. The molecular weight excluding hydrogens is 350 g/mol. The molecule has 26 heavy (non-hydrogen) atoms. The zero-order chi connectivity index (χ0) is 17.9. The van der Waals surface area contributed by atoms with Gasteiger partial charge in [-0.15, -0.1) is 0 Å². The highest BCUT2D eigenvalue weighted by Crippen LogP contribution is 2.29. The normalized spacial score (nSPS) is 10.9. The fourth-order valence-electron chi connectivity index (χ4n) is 2.63. The van der Waals surface area contributed by atoms with Crippen LogP contribution in [0.4, 0.5) is 10.8 Å². The average Bonchev–Trinajstić information content (AvgIpc) is 3.28. The quantitative estimate of drug-likeness (QED) is 0.412. The highest BCUT2D eigenvalue weighted by molar-refractivity contribution is 7.22. The van der Waals surface area contributed by atoms with E-state index in [2.05, 4.69) is 15.4 Å². The third kappa shape index (κ3) is 3.40. The monoisotopic (exact) mass is 365 g/mol. The van der Waals surface area contributed by atoms with E-state index in [0.29, 0.717) is 6.54 Å². The molecule has 0 fully saturated rings. The lowest BCUT2D eigenvalue weighted by molar-refractivity contribution is -0.384. The number of fused-ring (bicyclic) bond motifs is 1.